The van der Waals surface area contributed by atoms with Crippen LogP contribution in [0.1, 0.15) is 27.7 Å². The van der Waals surface area contributed by atoms with E-state index in [1.165, 1.54) is 27.7 Å². The van der Waals surface area contributed by atoms with Crippen LogP contribution in [0.25, 0.3) is 0 Å². The highest BCUT2D eigenvalue weighted by Crippen LogP contribution is 2.15. The molecule has 0 heterocycles. The van der Waals surface area contributed by atoms with E-state index in [1.54, 1.807) is 6.08 Å². The van der Waals surface area contributed by atoms with Gasteiger partial charge < -0.3 is 15.1 Å². The molecule has 0 bridgehead atoms. The minimum absolute atomic E-state index is 0.431. The molecule has 0 rings (SSSR count). The molecule has 0 aliphatic carbocycles. The second kappa shape index (κ2) is 8.33. The summed E-state index contributed by atoms with van der Waals surface area (Å²) < 4.78 is 0. The minimum Gasteiger partial charge on any atom is -0.479 e. The third-order valence-electron chi connectivity index (χ3n) is 1.81. The summed E-state index contributed by atoms with van der Waals surface area (Å²) >= 11 is 0. The van der Waals surface area contributed by atoms with Crippen LogP contribution in [-0.4, -0.2) is 39.8 Å². The van der Waals surface area contributed by atoms with Gasteiger partial charge in [0.2, 0.25) is 0 Å². The van der Waals surface area contributed by atoms with E-state index in [1.807, 2.05) is 0 Å². The Kier molecular flexibility index (Phi) is 8.56. The van der Waals surface area contributed by atoms with Gasteiger partial charge >= 0.3 is 11.9 Å². The van der Waals surface area contributed by atoms with E-state index in [-0.39, 0.29) is 0 Å². The molecule has 19 heavy (non-hydrogen) atoms. The molecule has 0 saturated carbocycles. The fourth-order valence-electron chi connectivity index (χ4n) is 0.404. The van der Waals surface area contributed by atoms with Crippen molar-refractivity contribution in [2.45, 2.75) is 38.8 Å². The molecule has 0 aliphatic rings. The number of carbonyl (C=O) groups is 2. The van der Waals surface area contributed by atoms with Gasteiger partial charge in [-0.3, -0.25) is 0 Å². The molecule has 0 radical (unpaired) electrons. The third-order valence-corrected chi connectivity index (χ3v) is 1.81. The van der Waals surface area contributed by atoms with Crippen molar-refractivity contribution in [1.29, 1.82) is 0 Å². The fraction of sp³-hybridized carbons (Fsp3) is 0.636. The van der Waals surface area contributed by atoms with Crippen molar-refractivity contribution in [3.8, 4) is 0 Å². The van der Waals surface area contributed by atoms with Crippen LogP contribution in [-0.2, 0) is 14.4 Å². The van der Waals surface area contributed by atoms with Crippen molar-refractivity contribution in [3.63, 3.8) is 0 Å². The van der Waals surface area contributed by atoms with Crippen LogP contribution in [0.5, 0.6) is 0 Å². The van der Waals surface area contributed by atoms with E-state index in [2.05, 4.69) is 27.5 Å². The van der Waals surface area contributed by atoms with Gasteiger partial charge in [0.15, 0.2) is 11.1 Å². The number of nitrogens with two attached hydrogens (primary N) is 1. The van der Waals surface area contributed by atoms with Crippen LogP contribution in [0.4, 0.5) is 0 Å². The Balaban J connectivity index is 0. The van der Waals surface area contributed by atoms with Crippen LogP contribution in [0, 0.1) is 0 Å². The van der Waals surface area contributed by atoms with Crippen molar-refractivity contribution in [2.75, 3.05) is 6.61 Å². The van der Waals surface area contributed by atoms with E-state index in [0.29, 0.717) is 6.61 Å². The van der Waals surface area contributed by atoms with Crippen molar-refractivity contribution in [1.82, 2.24) is 0 Å². The molecule has 0 aliphatic heterocycles. The molecule has 0 aromatic carbocycles. The van der Waals surface area contributed by atoms with Crippen molar-refractivity contribution < 1.29 is 24.6 Å². The maximum Gasteiger partial charge on any atom is 0.332 e. The Morgan fingerprint density at radius 2 is 1.47 bits per heavy atom. The fourth-order valence-corrected chi connectivity index (χ4v) is 0.404. The van der Waals surface area contributed by atoms with Crippen molar-refractivity contribution in [3.05, 3.63) is 12.7 Å². The average molecular weight is 275 g/mol. The number of carboxylic acids is 2. The first-order valence-electron chi connectivity index (χ1n) is 5.34. The van der Waals surface area contributed by atoms with Crippen LogP contribution >= 0.6 is 0 Å². The number of rotatable bonds is 6. The summed E-state index contributed by atoms with van der Waals surface area (Å²) in [6, 6.07) is 0. The molecule has 0 unspecified atom stereocenters. The van der Waals surface area contributed by atoms with Gasteiger partial charge in [0.05, 0.1) is 6.61 Å². The summed E-state index contributed by atoms with van der Waals surface area (Å²) in [6.07, 6.45) is 1.58. The lowest BCUT2D eigenvalue weighted by molar-refractivity contribution is -0.144. The van der Waals surface area contributed by atoms with Crippen LogP contribution in [0.2, 0.25) is 0 Å². The number of azo groups is 1. The summed E-state index contributed by atoms with van der Waals surface area (Å²) in [5, 5.41) is 24.3. The van der Waals surface area contributed by atoms with Gasteiger partial charge in [0.25, 0.3) is 0 Å². The maximum absolute atomic E-state index is 10.6. The average Bonchev–Trinajstić information content (AvgIpc) is 2.28. The minimum atomic E-state index is -1.40. The summed E-state index contributed by atoms with van der Waals surface area (Å²) in [5.41, 5.74) is -2.79. The molecule has 0 spiro atoms. The standard InChI is InChI=1S/C8H14N2O4.C3H7NO/c1-7(2,5(11)12)9-10-8(3,4)6(13)14;1-2-3-5-4/h1-4H3,(H,11,12)(H,13,14);2H,1,3-4H2. The first kappa shape index (κ1) is 19.5. The summed E-state index contributed by atoms with van der Waals surface area (Å²) in [6.45, 7) is 9.15. The van der Waals surface area contributed by atoms with E-state index in [4.69, 9.17) is 10.2 Å². The molecule has 0 saturated heterocycles. The normalized spacial score (nSPS) is 11.6. The number of nitrogens with zero attached hydrogens (tertiary/aromatic N) is 2. The smallest absolute Gasteiger partial charge is 0.332 e. The largest absolute Gasteiger partial charge is 0.479 e. The molecule has 110 valence electrons. The predicted molar refractivity (Wildman–Crippen MR) is 68.6 cm³/mol. The number of carboxylic acid groups (broad SMARTS) is 2. The Morgan fingerprint density at radius 1 is 1.16 bits per heavy atom. The summed E-state index contributed by atoms with van der Waals surface area (Å²) in [4.78, 5) is 25.3. The van der Waals surface area contributed by atoms with Gasteiger partial charge in [-0.25, -0.2) is 15.5 Å². The molecule has 0 fully saturated rings. The molecule has 4 N–H and O–H groups in total. The SMILES string of the molecule is C=CCON.CC(C)(N=NC(C)(C)C(=O)O)C(=O)O. The molecule has 8 nitrogen and oxygen atoms in total. The Morgan fingerprint density at radius 3 is 1.58 bits per heavy atom. The molecule has 0 atom stereocenters. The molecular weight excluding hydrogens is 254 g/mol. The Hall–Kier alpha value is -1.80. The predicted octanol–water partition coefficient (Wildman–Crippen LogP) is 1.23. The topological polar surface area (TPSA) is 135 Å². The highest BCUT2D eigenvalue weighted by atomic mass is 16.6. The number of aliphatic carboxylic acids is 2. The van der Waals surface area contributed by atoms with Gasteiger partial charge in [0.1, 0.15) is 0 Å². The van der Waals surface area contributed by atoms with E-state index in [0.717, 1.165) is 0 Å². The third kappa shape index (κ3) is 8.86. The molecule has 0 amide bonds. The van der Waals surface area contributed by atoms with Crippen molar-refractivity contribution >= 4 is 11.9 Å². The van der Waals surface area contributed by atoms with Crippen LogP contribution in [0.3, 0.4) is 0 Å². The zero-order valence-electron chi connectivity index (χ0n) is 11.6. The number of hydrogen-bond donors (Lipinski definition) is 3. The second-order valence-corrected chi connectivity index (χ2v) is 4.55. The lowest BCUT2D eigenvalue weighted by Crippen LogP contribution is -2.32. The monoisotopic (exact) mass is 275 g/mol. The lowest BCUT2D eigenvalue weighted by Gasteiger charge is -2.16. The van der Waals surface area contributed by atoms with E-state index < -0.39 is 23.0 Å². The Bertz CT molecular complexity index is 322. The molecule has 8 heteroatoms. The quantitative estimate of drug-likeness (QED) is 0.379. The molecule has 0 aromatic heterocycles. The Labute approximate surface area is 111 Å². The zero-order chi connectivity index (χ0) is 15.7. The van der Waals surface area contributed by atoms with Crippen LogP contribution < -0.4 is 5.90 Å². The van der Waals surface area contributed by atoms with Gasteiger partial charge in [0, 0.05) is 0 Å². The van der Waals surface area contributed by atoms with E-state index in [9.17, 15) is 9.59 Å². The first-order valence-corrected chi connectivity index (χ1v) is 5.34. The zero-order valence-corrected chi connectivity index (χ0v) is 11.6. The highest BCUT2D eigenvalue weighted by Gasteiger charge is 2.31. The van der Waals surface area contributed by atoms with Crippen LogP contribution in [0.15, 0.2) is 22.9 Å². The van der Waals surface area contributed by atoms with Gasteiger partial charge in [-0.05, 0) is 27.7 Å². The maximum atomic E-state index is 10.6. The molecule has 0 aromatic rings. The first-order chi connectivity index (χ1) is 8.51. The number of hydrogen-bond acceptors (Lipinski definition) is 6. The van der Waals surface area contributed by atoms with E-state index >= 15 is 0 Å². The second-order valence-electron chi connectivity index (χ2n) is 4.55. The molecular formula is C11H21N3O5. The van der Waals surface area contributed by atoms with Crippen molar-refractivity contribution in [2.24, 2.45) is 16.1 Å². The summed E-state index contributed by atoms with van der Waals surface area (Å²) in [7, 11) is 0. The van der Waals surface area contributed by atoms with Gasteiger partial charge in [-0.1, -0.05) is 6.08 Å². The lowest BCUT2D eigenvalue weighted by atomic mass is 10.1. The highest BCUT2D eigenvalue weighted by molar-refractivity contribution is 5.79. The van der Waals surface area contributed by atoms with Gasteiger partial charge in [-0.15, -0.1) is 6.58 Å². The summed E-state index contributed by atoms with van der Waals surface area (Å²) in [5.74, 6) is 2.27. The van der Waals surface area contributed by atoms with Gasteiger partial charge in [-0.2, -0.15) is 10.2 Å².